The SMILES string of the molecule is CNC(=O)c1ccc(NCCC2CCCCC2)cc1. The van der Waals surface area contributed by atoms with Gasteiger partial charge in [0.15, 0.2) is 0 Å². The number of hydrogen-bond donors (Lipinski definition) is 2. The zero-order valence-corrected chi connectivity index (χ0v) is 11.7. The molecule has 1 amide bonds. The zero-order chi connectivity index (χ0) is 13.5. The first-order chi connectivity index (χ1) is 9.29. The molecule has 19 heavy (non-hydrogen) atoms. The summed E-state index contributed by atoms with van der Waals surface area (Å²) < 4.78 is 0. The lowest BCUT2D eigenvalue weighted by atomic mass is 9.87. The molecule has 0 bridgehead atoms. The predicted molar refractivity (Wildman–Crippen MR) is 79.5 cm³/mol. The summed E-state index contributed by atoms with van der Waals surface area (Å²) >= 11 is 0. The Morgan fingerprint density at radius 3 is 2.47 bits per heavy atom. The molecule has 1 aliphatic rings. The van der Waals surface area contributed by atoms with Gasteiger partial charge in [-0.3, -0.25) is 4.79 Å². The Labute approximate surface area is 115 Å². The molecule has 0 unspecified atom stereocenters. The summed E-state index contributed by atoms with van der Waals surface area (Å²) in [5.41, 5.74) is 1.81. The van der Waals surface area contributed by atoms with Crippen molar-refractivity contribution in [3.63, 3.8) is 0 Å². The van der Waals surface area contributed by atoms with Gasteiger partial charge in [-0.2, -0.15) is 0 Å². The fraction of sp³-hybridized carbons (Fsp3) is 0.562. The molecule has 1 aromatic rings. The quantitative estimate of drug-likeness (QED) is 0.851. The molecular weight excluding hydrogens is 236 g/mol. The van der Waals surface area contributed by atoms with Crippen molar-refractivity contribution >= 4 is 11.6 Å². The van der Waals surface area contributed by atoms with E-state index < -0.39 is 0 Å². The molecule has 2 N–H and O–H groups in total. The minimum absolute atomic E-state index is 0.0336. The maximum atomic E-state index is 11.4. The second-order valence-electron chi connectivity index (χ2n) is 5.38. The molecule has 1 saturated carbocycles. The molecule has 3 nitrogen and oxygen atoms in total. The summed E-state index contributed by atoms with van der Waals surface area (Å²) in [6.07, 6.45) is 8.30. The Morgan fingerprint density at radius 1 is 1.16 bits per heavy atom. The fourth-order valence-electron chi connectivity index (χ4n) is 2.78. The lowest BCUT2D eigenvalue weighted by Gasteiger charge is -2.21. The standard InChI is InChI=1S/C16H24N2O/c1-17-16(19)14-7-9-15(10-8-14)18-12-11-13-5-3-2-4-6-13/h7-10,13,18H,2-6,11-12H2,1H3,(H,17,19). The van der Waals surface area contributed by atoms with Crippen LogP contribution in [0, 0.1) is 5.92 Å². The van der Waals surface area contributed by atoms with E-state index in [9.17, 15) is 4.79 Å². The lowest BCUT2D eigenvalue weighted by Crippen LogP contribution is -2.17. The second kappa shape index (κ2) is 7.17. The van der Waals surface area contributed by atoms with Crippen molar-refractivity contribution in [1.82, 2.24) is 5.32 Å². The number of benzene rings is 1. The van der Waals surface area contributed by atoms with Crippen LogP contribution in [0.3, 0.4) is 0 Å². The average Bonchev–Trinajstić information content (AvgIpc) is 2.48. The number of carbonyl (C=O) groups is 1. The monoisotopic (exact) mass is 260 g/mol. The topological polar surface area (TPSA) is 41.1 Å². The van der Waals surface area contributed by atoms with Crippen LogP contribution in [-0.4, -0.2) is 19.5 Å². The first-order valence-corrected chi connectivity index (χ1v) is 7.35. The van der Waals surface area contributed by atoms with Gasteiger partial charge in [0.1, 0.15) is 0 Å². The van der Waals surface area contributed by atoms with Crippen LogP contribution in [0.4, 0.5) is 5.69 Å². The van der Waals surface area contributed by atoms with Crippen LogP contribution in [0.25, 0.3) is 0 Å². The number of rotatable bonds is 5. The maximum absolute atomic E-state index is 11.4. The van der Waals surface area contributed by atoms with E-state index >= 15 is 0 Å². The van der Waals surface area contributed by atoms with Gasteiger partial charge in [0.2, 0.25) is 0 Å². The Balaban J connectivity index is 1.75. The zero-order valence-electron chi connectivity index (χ0n) is 11.7. The van der Waals surface area contributed by atoms with E-state index in [1.165, 1.54) is 38.5 Å². The molecule has 0 atom stereocenters. The molecule has 1 aromatic carbocycles. The fourth-order valence-corrected chi connectivity index (χ4v) is 2.78. The van der Waals surface area contributed by atoms with Gasteiger partial charge in [0, 0.05) is 24.8 Å². The minimum Gasteiger partial charge on any atom is -0.385 e. The summed E-state index contributed by atoms with van der Waals surface area (Å²) in [5, 5.41) is 6.07. The van der Waals surface area contributed by atoms with E-state index in [1.54, 1.807) is 7.05 Å². The molecule has 0 spiro atoms. The first-order valence-electron chi connectivity index (χ1n) is 7.35. The average molecular weight is 260 g/mol. The highest BCUT2D eigenvalue weighted by Crippen LogP contribution is 2.26. The molecule has 0 aromatic heterocycles. The molecule has 1 aliphatic carbocycles. The Bertz CT molecular complexity index is 394. The number of anilines is 1. The van der Waals surface area contributed by atoms with E-state index in [0.29, 0.717) is 5.56 Å². The Kier molecular flexibility index (Phi) is 5.25. The van der Waals surface area contributed by atoms with Gasteiger partial charge >= 0.3 is 0 Å². The molecule has 0 heterocycles. The first kappa shape index (κ1) is 13.9. The number of carbonyl (C=O) groups excluding carboxylic acids is 1. The summed E-state index contributed by atoms with van der Waals surface area (Å²) in [6.45, 7) is 1.03. The van der Waals surface area contributed by atoms with E-state index in [0.717, 1.165) is 18.2 Å². The number of nitrogens with one attached hydrogen (secondary N) is 2. The van der Waals surface area contributed by atoms with Crippen molar-refractivity contribution in [2.24, 2.45) is 5.92 Å². The van der Waals surface area contributed by atoms with E-state index in [-0.39, 0.29) is 5.91 Å². The van der Waals surface area contributed by atoms with E-state index in [1.807, 2.05) is 24.3 Å². The molecule has 1 fully saturated rings. The van der Waals surface area contributed by atoms with Crippen LogP contribution in [0.2, 0.25) is 0 Å². The van der Waals surface area contributed by atoms with Gasteiger partial charge in [-0.05, 0) is 36.6 Å². The van der Waals surface area contributed by atoms with Crippen molar-refractivity contribution in [2.75, 3.05) is 18.9 Å². The Hall–Kier alpha value is -1.51. The number of amides is 1. The normalized spacial score (nSPS) is 16.1. The van der Waals surface area contributed by atoms with Crippen LogP contribution in [0.15, 0.2) is 24.3 Å². The van der Waals surface area contributed by atoms with Crippen molar-refractivity contribution in [3.05, 3.63) is 29.8 Å². The van der Waals surface area contributed by atoms with Crippen LogP contribution >= 0.6 is 0 Å². The van der Waals surface area contributed by atoms with Gasteiger partial charge in [-0.15, -0.1) is 0 Å². The van der Waals surface area contributed by atoms with E-state index in [4.69, 9.17) is 0 Å². The van der Waals surface area contributed by atoms with Crippen LogP contribution in [0.5, 0.6) is 0 Å². The van der Waals surface area contributed by atoms with Crippen molar-refractivity contribution < 1.29 is 4.79 Å². The molecule has 0 saturated heterocycles. The van der Waals surface area contributed by atoms with E-state index in [2.05, 4.69) is 10.6 Å². The smallest absolute Gasteiger partial charge is 0.251 e. The Morgan fingerprint density at radius 2 is 1.84 bits per heavy atom. The molecule has 3 heteroatoms. The van der Waals surface area contributed by atoms with Crippen molar-refractivity contribution in [2.45, 2.75) is 38.5 Å². The lowest BCUT2D eigenvalue weighted by molar-refractivity contribution is 0.0963. The highest BCUT2D eigenvalue weighted by Gasteiger charge is 2.12. The maximum Gasteiger partial charge on any atom is 0.251 e. The predicted octanol–water partition coefficient (Wildman–Crippen LogP) is 3.43. The highest BCUT2D eigenvalue weighted by molar-refractivity contribution is 5.94. The summed E-state index contributed by atoms with van der Waals surface area (Å²) in [6, 6.07) is 7.68. The van der Waals surface area contributed by atoms with Gasteiger partial charge in [-0.1, -0.05) is 32.1 Å². The third-order valence-electron chi connectivity index (χ3n) is 3.98. The third-order valence-corrected chi connectivity index (χ3v) is 3.98. The van der Waals surface area contributed by atoms with Gasteiger partial charge in [0.25, 0.3) is 5.91 Å². The van der Waals surface area contributed by atoms with Gasteiger partial charge < -0.3 is 10.6 Å². The molecule has 104 valence electrons. The largest absolute Gasteiger partial charge is 0.385 e. The minimum atomic E-state index is -0.0336. The summed E-state index contributed by atoms with van der Waals surface area (Å²) in [7, 11) is 1.65. The molecule has 0 aliphatic heterocycles. The van der Waals surface area contributed by atoms with Gasteiger partial charge in [0.05, 0.1) is 0 Å². The van der Waals surface area contributed by atoms with Crippen molar-refractivity contribution in [1.29, 1.82) is 0 Å². The molecular formula is C16H24N2O. The second-order valence-corrected chi connectivity index (χ2v) is 5.38. The van der Waals surface area contributed by atoms with Crippen LogP contribution in [0.1, 0.15) is 48.9 Å². The van der Waals surface area contributed by atoms with Crippen LogP contribution in [-0.2, 0) is 0 Å². The van der Waals surface area contributed by atoms with Gasteiger partial charge in [-0.25, -0.2) is 0 Å². The summed E-state index contributed by atoms with van der Waals surface area (Å²) in [4.78, 5) is 11.4. The molecule has 0 radical (unpaired) electrons. The van der Waals surface area contributed by atoms with Crippen LogP contribution < -0.4 is 10.6 Å². The highest BCUT2D eigenvalue weighted by atomic mass is 16.1. The third kappa shape index (κ3) is 4.27. The summed E-state index contributed by atoms with van der Waals surface area (Å²) in [5.74, 6) is 0.875. The molecule has 2 rings (SSSR count). The number of hydrogen-bond acceptors (Lipinski definition) is 2. The van der Waals surface area contributed by atoms with Crippen molar-refractivity contribution in [3.8, 4) is 0 Å².